The third kappa shape index (κ3) is 20.8. The van der Waals surface area contributed by atoms with Gasteiger partial charge in [-0.15, -0.1) is 0 Å². The summed E-state index contributed by atoms with van der Waals surface area (Å²) < 4.78 is 15.1. The minimum absolute atomic E-state index is 0.0702. The van der Waals surface area contributed by atoms with Gasteiger partial charge in [0.1, 0.15) is 5.60 Å². The molecule has 1 aliphatic carbocycles. The number of alkyl carbamates (subject to hydrolysis) is 1. The first kappa shape index (κ1) is 27.9. The van der Waals surface area contributed by atoms with Gasteiger partial charge in [0.2, 0.25) is 0 Å². The van der Waals surface area contributed by atoms with Crippen molar-refractivity contribution in [3.8, 4) is 0 Å². The van der Waals surface area contributed by atoms with Crippen LogP contribution in [0.25, 0.3) is 0 Å². The number of hydrogen-bond donors (Lipinski definition) is 2. The van der Waals surface area contributed by atoms with Crippen LogP contribution in [0.15, 0.2) is 0 Å². The van der Waals surface area contributed by atoms with Crippen LogP contribution in [0.5, 0.6) is 0 Å². The zero-order valence-electron chi connectivity index (χ0n) is 18.1. The molecular formula is C20H41NO6. The summed E-state index contributed by atoms with van der Waals surface area (Å²) in [6.07, 6.45) is 7.53. The molecule has 1 aliphatic rings. The van der Waals surface area contributed by atoms with Gasteiger partial charge in [0.05, 0.1) is 19.8 Å². The lowest BCUT2D eigenvalue weighted by Crippen LogP contribution is -2.33. The van der Waals surface area contributed by atoms with Crippen LogP contribution in [-0.2, 0) is 19.0 Å². The van der Waals surface area contributed by atoms with E-state index in [0.717, 1.165) is 6.42 Å². The van der Waals surface area contributed by atoms with E-state index in [1.807, 2.05) is 13.8 Å². The van der Waals surface area contributed by atoms with Crippen molar-refractivity contribution in [2.75, 3.05) is 26.9 Å². The molecule has 0 radical (unpaired) electrons. The highest BCUT2D eigenvalue weighted by molar-refractivity contribution is 5.69. The average molecular weight is 392 g/mol. The molecule has 0 spiro atoms. The number of carbonyl (C=O) groups excluding carboxylic acids is 2. The lowest BCUT2D eigenvalue weighted by molar-refractivity contribution is -0.141. The molecule has 0 unspecified atom stereocenters. The van der Waals surface area contributed by atoms with E-state index in [-0.39, 0.29) is 19.1 Å². The van der Waals surface area contributed by atoms with Crippen molar-refractivity contribution < 1.29 is 28.9 Å². The van der Waals surface area contributed by atoms with Crippen molar-refractivity contribution in [2.24, 2.45) is 0 Å². The van der Waals surface area contributed by atoms with E-state index in [9.17, 15) is 9.59 Å². The third-order valence-electron chi connectivity index (χ3n) is 3.44. The number of ether oxygens (including phenoxy) is 3. The van der Waals surface area contributed by atoms with E-state index < -0.39 is 11.7 Å². The summed E-state index contributed by atoms with van der Waals surface area (Å²) >= 11 is 0. The molecule has 0 saturated heterocycles. The van der Waals surface area contributed by atoms with Crippen LogP contribution in [0.3, 0.4) is 0 Å². The summed E-state index contributed by atoms with van der Waals surface area (Å²) in [5.74, 6) is -0.141. The molecule has 0 aliphatic heterocycles. The number of rotatable bonds is 7. The maximum atomic E-state index is 10.8. The van der Waals surface area contributed by atoms with E-state index in [1.165, 1.54) is 39.2 Å². The highest BCUT2D eigenvalue weighted by Gasteiger charge is 2.15. The van der Waals surface area contributed by atoms with Gasteiger partial charge in [0.15, 0.2) is 0 Å². The lowest BCUT2D eigenvalue weighted by atomic mass is 9.98. The predicted octanol–water partition coefficient (Wildman–Crippen LogP) is 3.82. The monoisotopic (exact) mass is 391 g/mol. The van der Waals surface area contributed by atoms with E-state index in [4.69, 9.17) is 14.6 Å². The van der Waals surface area contributed by atoms with E-state index in [2.05, 4.69) is 10.1 Å². The Hall–Kier alpha value is -1.34. The number of carbonyl (C=O) groups is 2. The van der Waals surface area contributed by atoms with Crippen LogP contribution in [0.1, 0.15) is 79.6 Å². The zero-order valence-corrected chi connectivity index (χ0v) is 18.1. The molecule has 0 atom stereocenters. The Kier molecular flexibility index (Phi) is 18.6. The normalized spacial score (nSPS) is 14.0. The number of methoxy groups -OCH3 is 1. The Morgan fingerprint density at radius 3 is 2.19 bits per heavy atom. The maximum Gasteiger partial charge on any atom is 0.407 e. The SMILES string of the molecule is CC.CC(C)(C)OC(=O)NCCO.COC(=O)CCCOC1CCCCC1. The van der Waals surface area contributed by atoms with Gasteiger partial charge in [0, 0.05) is 19.6 Å². The van der Waals surface area contributed by atoms with Gasteiger partial charge < -0.3 is 24.6 Å². The highest BCUT2D eigenvalue weighted by Crippen LogP contribution is 2.20. The van der Waals surface area contributed by atoms with Gasteiger partial charge in [-0.25, -0.2) is 4.79 Å². The Morgan fingerprint density at radius 1 is 1.11 bits per heavy atom. The number of hydrogen-bond acceptors (Lipinski definition) is 6. The second kappa shape index (κ2) is 18.0. The molecule has 1 fully saturated rings. The number of nitrogens with one attached hydrogen (secondary N) is 1. The third-order valence-corrected chi connectivity index (χ3v) is 3.44. The molecule has 0 aromatic carbocycles. The van der Waals surface area contributed by atoms with Crippen LogP contribution >= 0.6 is 0 Å². The fraction of sp³-hybridized carbons (Fsp3) is 0.900. The van der Waals surface area contributed by atoms with Crippen molar-refractivity contribution in [1.29, 1.82) is 0 Å². The van der Waals surface area contributed by atoms with Crippen molar-refractivity contribution in [1.82, 2.24) is 5.32 Å². The molecule has 0 aromatic heterocycles. The largest absolute Gasteiger partial charge is 0.469 e. The van der Waals surface area contributed by atoms with Gasteiger partial charge in [-0.1, -0.05) is 33.1 Å². The fourth-order valence-corrected chi connectivity index (χ4v) is 2.27. The summed E-state index contributed by atoms with van der Waals surface area (Å²) in [5, 5.41) is 10.7. The molecule has 162 valence electrons. The Labute approximate surface area is 165 Å². The van der Waals surface area contributed by atoms with Gasteiger partial charge in [0.25, 0.3) is 0 Å². The molecule has 1 amide bonds. The van der Waals surface area contributed by atoms with Crippen LogP contribution in [0.4, 0.5) is 4.79 Å². The quantitative estimate of drug-likeness (QED) is 0.506. The molecule has 2 N–H and O–H groups in total. The molecule has 7 heteroatoms. The van der Waals surface area contributed by atoms with Crippen LogP contribution < -0.4 is 5.32 Å². The first-order chi connectivity index (χ1) is 12.8. The highest BCUT2D eigenvalue weighted by atomic mass is 16.6. The first-order valence-electron chi connectivity index (χ1n) is 10.0. The zero-order chi connectivity index (χ0) is 21.1. The Morgan fingerprint density at radius 2 is 1.70 bits per heavy atom. The van der Waals surface area contributed by atoms with Crippen molar-refractivity contribution >= 4 is 12.1 Å². The molecule has 0 aromatic rings. The number of esters is 1. The first-order valence-corrected chi connectivity index (χ1v) is 10.0. The van der Waals surface area contributed by atoms with E-state index in [1.54, 1.807) is 20.8 Å². The summed E-state index contributed by atoms with van der Waals surface area (Å²) in [7, 11) is 1.42. The minimum Gasteiger partial charge on any atom is -0.469 e. The molecule has 7 nitrogen and oxygen atoms in total. The second-order valence-corrected chi connectivity index (χ2v) is 6.96. The van der Waals surface area contributed by atoms with Gasteiger partial charge in [-0.05, 0) is 40.0 Å². The van der Waals surface area contributed by atoms with Gasteiger partial charge in [-0.2, -0.15) is 0 Å². The smallest absolute Gasteiger partial charge is 0.407 e. The fourth-order valence-electron chi connectivity index (χ4n) is 2.27. The average Bonchev–Trinajstić information content (AvgIpc) is 2.65. The topological polar surface area (TPSA) is 94.1 Å². The van der Waals surface area contributed by atoms with Crippen molar-refractivity contribution in [3.05, 3.63) is 0 Å². The lowest BCUT2D eigenvalue weighted by Gasteiger charge is -2.21. The molecule has 0 bridgehead atoms. The Balaban J connectivity index is 0. The predicted molar refractivity (Wildman–Crippen MR) is 107 cm³/mol. The molecular weight excluding hydrogens is 350 g/mol. The molecule has 27 heavy (non-hydrogen) atoms. The summed E-state index contributed by atoms with van der Waals surface area (Å²) in [6, 6.07) is 0. The Bertz CT molecular complexity index is 362. The molecule has 0 heterocycles. The van der Waals surface area contributed by atoms with E-state index in [0.29, 0.717) is 19.1 Å². The van der Waals surface area contributed by atoms with Crippen molar-refractivity contribution in [3.63, 3.8) is 0 Å². The van der Waals surface area contributed by atoms with Gasteiger partial charge in [-0.3, -0.25) is 4.79 Å². The minimum atomic E-state index is -0.494. The van der Waals surface area contributed by atoms with Crippen LogP contribution in [0, 0.1) is 0 Å². The van der Waals surface area contributed by atoms with E-state index >= 15 is 0 Å². The molecule has 1 saturated carbocycles. The summed E-state index contributed by atoms with van der Waals surface area (Å²) in [6.45, 7) is 10.2. The van der Waals surface area contributed by atoms with Crippen LogP contribution in [0.2, 0.25) is 0 Å². The summed E-state index contributed by atoms with van der Waals surface area (Å²) in [4.78, 5) is 21.6. The number of aliphatic hydroxyl groups excluding tert-OH is 1. The molecule has 1 rings (SSSR count). The van der Waals surface area contributed by atoms with Crippen LogP contribution in [-0.4, -0.2) is 55.7 Å². The maximum absolute atomic E-state index is 10.8. The van der Waals surface area contributed by atoms with Gasteiger partial charge >= 0.3 is 12.1 Å². The van der Waals surface area contributed by atoms with Crippen molar-refractivity contribution in [2.45, 2.75) is 91.3 Å². The standard InChI is InChI=1S/C11H20O3.C7H15NO3.C2H6/c1-13-11(12)8-5-9-14-10-6-3-2-4-7-10;1-7(2,3)11-6(10)8-4-5-9;1-2/h10H,2-9H2,1H3;9H,4-5H2,1-3H3,(H,8,10);1-2H3. The number of aliphatic hydroxyl groups is 1. The summed E-state index contributed by atoms with van der Waals surface area (Å²) in [5.41, 5.74) is -0.473. The second-order valence-electron chi connectivity index (χ2n) is 6.96. The number of amides is 1.